The Morgan fingerprint density at radius 3 is 2.95 bits per heavy atom. The summed E-state index contributed by atoms with van der Waals surface area (Å²) in [6, 6.07) is 4.78. The third kappa shape index (κ3) is 2.61. The second kappa shape index (κ2) is 5.25. The van der Waals surface area contributed by atoms with Crippen molar-refractivity contribution in [3.63, 3.8) is 0 Å². The van der Waals surface area contributed by atoms with Gasteiger partial charge in [0.1, 0.15) is 11.0 Å². The summed E-state index contributed by atoms with van der Waals surface area (Å²) in [5.41, 5.74) is 5.83. The van der Waals surface area contributed by atoms with E-state index in [0.717, 1.165) is 0 Å². The topological polar surface area (TPSA) is 100 Å². The predicted octanol–water partition coefficient (Wildman–Crippen LogP) is 0.311. The lowest BCUT2D eigenvalue weighted by molar-refractivity contribution is 0.250. The zero-order valence-electron chi connectivity index (χ0n) is 10.7. The van der Waals surface area contributed by atoms with Crippen molar-refractivity contribution < 1.29 is 8.42 Å². The Hall–Kier alpha value is -1.49. The molecule has 0 aromatic carbocycles. The maximum atomic E-state index is 12.5. The second-order valence-corrected chi connectivity index (χ2v) is 6.66. The van der Waals surface area contributed by atoms with Crippen LogP contribution in [0, 0.1) is 17.2 Å². The molecule has 1 fully saturated rings. The number of nitriles is 1. The quantitative estimate of drug-likeness (QED) is 0.840. The van der Waals surface area contributed by atoms with E-state index in [1.54, 1.807) is 0 Å². The van der Waals surface area contributed by atoms with Gasteiger partial charge in [-0.15, -0.1) is 0 Å². The highest BCUT2D eigenvalue weighted by atomic mass is 32.2. The number of aromatic nitrogens is 1. The van der Waals surface area contributed by atoms with Crippen molar-refractivity contribution in [2.45, 2.75) is 24.3 Å². The average molecular weight is 280 g/mol. The highest BCUT2D eigenvalue weighted by Crippen LogP contribution is 2.24. The summed E-state index contributed by atoms with van der Waals surface area (Å²) in [5, 5.41) is 8.96. The molecule has 0 aliphatic carbocycles. The lowest BCUT2D eigenvalue weighted by Gasteiger charge is -2.34. The van der Waals surface area contributed by atoms with Crippen LogP contribution in [0.5, 0.6) is 0 Å². The molecule has 2 heterocycles. The fraction of sp³-hybridized carbons (Fsp3) is 0.500. The monoisotopic (exact) mass is 280 g/mol. The molecular weight excluding hydrogens is 264 g/mol. The number of rotatable bonds is 2. The molecule has 6 nitrogen and oxygen atoms in total. The van der Waals surface area contributed by atoms with Crippen LogP contribution in [0.2, 0.25) is 0 Å². The molecule has 0 radical (unpaired) electrons. The van der Waals surface area contributed by atoms with Crippen molar-refractivity contribution in [1.29, 1.82) is 5.26 Å². The van der Waals surface area contributed by atoms with Gasteiger partial charge in [0.25, 0.3) is 0 Å². The van der Waals surface area contributed by atoms with E-state index in [9.17, 15) is 8.42 Å². The Morgan fingerprint density at radius 1 is 1.58 bits per heavy atom. The van der Waals surface area contributed by atoms with Crippen molar-refractivity contribution in [2.24, 2.45) is 11.7 Å². The fourth-order valence-electron chi connectivity index (χ4n) is 2.17. The molecule has 2 N–H and O–H groups in total. The molecule has 2 rings (SSSR count). The van der Waals surface area contributed by atoms with Gasteiger partial charge >= 0.3 is 0 Å². The van der Waals surface area contributed by atoms with Crippen LogP contribution in [0.4, 0.5) is 0 Å². The second-order valence-electron chi connectivity index (χ2n) is 4.75. The smallest absolute Gasteiger partial charge is 0.245 e. The fourth-order valence-corrected chi connectivity index (χ4v) is 3.81. The molecule has 1 aromatic heterocycles. The zero-order chi connectivity index (χ0) is 14.0. The van der Waals surface area contributed by atoms with Crippen molar-refractivity contribution >= 4 is 10.0 Å². The minimum absolute atomic E-state index is 0.0239. The molecule has 102 valence electrons. The van der Waals surface area contributed by atoms with Crippen LogP contribution in [0.25, 0.3) is 0 Å². The van der Waals surface area contributed by atoms with Gasteiger partial charge < -0.3 is 5.73 Å². The Labute approximate surface area is 112 Å². The molecule has 0 bridgehead atoms. The van der Waals surface area contributed by atoms with E-state index in [-0.39, 0.29) is 22.5 Å². The molecule has 1 aromatic rings. The molecule has 1 aliphatic rings. The van der Waals surface area contributed by atoms with Gasteiger partial charge in [-0.1, -0.05) is 6.92 Å². The number of hydrogen-bond donors (Lipinski definition) is 1. The van der Waals surface area contributed by atoms with Gasteiger partial charge in [0.05, 0.1) is 0 Å². The highest BCUT2D eigenvalue weighted by Gasteiger charge is 2.33. The lowest BCUT2D eigenvalue weighted by atomic mass is 9.96. The van der Waals surface area contributed by atoms with Crippen molar-refractivity contribution in [2.75, 3.05) is 13.1 Å². The van der Waals surface area contributed by atoms with E-state index in [1.165, 1.54) is 22.6 Å². The zero-order valence-corrected chi connectivity index (χ0v) is 11.5. The average Bonchev–Trinajstić information content (AvgIpc) is 2.41. The molecule has 2 unspecified atom stereocenters. The van der Waals surface area contributed by atoms with Gasteiger partial charge in [0, 0.05) is 25.3 Å². The number of sulfonamides is 1. The van der Waals surface area contributed by atoms with Crippen molar-refractivity contribution in [3.05, 3.63) is 24.0 Å². The van der Waals surface area contributed by atoms with Gasteiger partial charge in [-0.3, -0.25) is 0 Å². The van der Waals surface area contributed by atoms with E-state index < -0.39 is 10.0 Å². The number of pyridine rings is 1. The third-order valence-electron chi connectivity index (χ3n) is 3.43. The van der Waals surface area contributed by atoms with Crippen LogP contribution in [0.15, 0.2) is 23.2 Å². The third-order valence-corrected chi connectivity index (χ3v) is 5.33. The van der Waals surface area contributed by atoms with Gasteiger partial charge in [0.15, 0.2) is 5.69 Å². The molecule has 1 aliphatic heterocycles. The minimum Gasteiger partial charge on any atom is -0.327 e. The van der Waals surface area contributed by atoms with Gasteiger partial charge in [-0.2, -0.15) is 9.57 Å². The van der Waals surface area contributed by atoms with E-state index in [2.05, 4.69) is 4.98 Å². The SMILES string of the molecule is CC1CN(S(=O)(=O)c2cccnc2C#N)CCC1N. The van der Waals surface area contributed by atoms with Crippen LogP contribution < -0.4 is 5.73 Å². The molecule has 0 spiro atoms. The van der Waals surface area contributed by atoms with Gasteiger partial charge in [-0.05, 0) is 24.5 Å². The first-order valence-corrected chi connectivity index (χ1v) is 7.51. The van der Waals surface area contributed by atoms with Crippen LogP contribution in [-0.2, 0) is 10.0 Å². The normalized spacial score (nSPS) is 24.9. The first kappa shape index (κ1) is 13.9. The summed E-state index contributed by atoms with van der Waals surface area (Å²) in [7, 11) is -3.67. The molecular formula is C12H16N4O2S. The number of nitrogens with zero attached hydrogens (tertiary/aromatic N) is 3. The van der Waals surface area contributed by atoms with E-state index in [1.807, 2.05) is 13.0 Å². The molecule has 7 heteroatoms. The summed E-state index contributed by atoms with van der Waals surface area (Å²) in [4.78, 5) is 3.77. The van der Waals surface area contributed by atoms with Crippen LogP contribution in [0.3, 0.4) is 0 Å². The van der Waals surface area contributed by atoms with Crippen LogP contribution in [0.1, 0.15) is 19.0 Å². The van der Waals surface area contributed by atoms with Crippen molar-refractivity contribution in [1.82, 2.24) is 9.29 Å². The predicted molar refractivity (Wildman–Crippen MR) is 69.5 cm³/mol. The molecule has 0 amide bonds. The van der Waals surface area contributed by atoms with E-state index in [0.29, 0.717) is 19.5 Å². The largest absolute Gasteiger partial charge is 0.327 e. The van der Waals surface area contributed by atoms with Crippen LogP contribution >= 0.6 is 0 Å². The highest BCUT2D eigenvalue weighted by molar-refractivity contribution is 7.89. The number of nitrogens with two attached hydrogens (primary N) is 1. The summed E-state index contributed by atoms with van der Waals surface area (Å²) < 4.78 is 26.4. The maximum Gasteiger partial charge on any atom is 0.245 e. The molecule has 19 heavy (non-hydrogen) atoms. The Kier molecular flexibility index (Phi) is 3.85. The number of piperidine rings is 1. The Morgan fingerprint density at radius 2 is 2.32 bits per heavy atom. The standard InChI is InChI=1S/C12H16N4O2S/c1-9-8-16(6-4-10(9)14)19(17,18)12-3-2-5-15-11(12)7-13/h2-3,5,9-10H,4,6,8,14H2,1H3. The summed E-state index contributed by atoms with van der Waals surface area (Å²) in [6.07, 6.45) is 2.04. The Bertz CT molecular complexity index is 608. The Balaban J connectivity index is 2.36. The first-order chi connectivity index (χ1) is 8.96. The number of hydrogen-bond acceptors (Lipinski definition) is 5. The molecule has 2 atom stereocenters. The minimum atomic E-state index is -3.67. The van der Waals surface area contributed by atoms with E-state index in [4.69, 9.17) is 11.0 Å². The summed E-state index contributed by atoms with van der Waals surface area (Å²) in [6.45, 7) is 2.69. The lowest BCUT2D eigenvalue weighted by Crippen LogP contribution is -2.48. The van der Waals surface area contributed by atoms with Gasteiger partial charge in [-0.25, -0.2) is 13.4 Å². The van der Waals surface area contributed by atoms with Crippen LogP contribution in [-0.4, -0.2) is 36.8 Å². The van der Waals surface area contributed by atoms with Crippen molar-refractivity contribution in [3.8, 4) is 6.07 Å². The van der Waals surface area contributed by atoms with Gasteiger partial charge in [0.2, 0.25) is 10.0 Å². The maximum absolute atomic E-state index is 12.5. The molecule has 1 saturated heterocycles. The first-order valence-electron chi connectivity index (χ1n) is 6.07. The summed E-state index contributed by atoms with van der Waals surface area (Å²) >= 11 is 0. The molecule has 0 saturated carbocycles. The summed E-state index contributed by atoms with van der Waals surface area (Å²) in [5.74, 6) is 0.103. The van der Waals surface area contributed by atoms with E-state index >= 15 is 0 Å².